The number of fused-ring (bicyclic) bond motifs is 1. The van der Waals surface area contributed by atoms with Gasteiger partial charge in [-0.25, -0.2) is 15.0 Å². The third-order valence-electron chi connectivity index (χ3n) is 7.43. The fourth-order valence-electron chi connectivity index (χ4n) is 5.30. The van der Waals surface area contributed by atoms with Gasteiger partial charge in [-0.1, -0.05) is 24.8 Å². The lowest BCUT2D eigenvalue weighted by molar-refractivity contribution is -0.137. The Hall–Kier alpha value is -5.59. The van der Waals surface area contributed by atoms with Crippen molar-refractivity contribution < 1.29 is 22.8 Å². The van der Waals surface area contributed by atoms with Crippen LogP contribution in [0, 0.1) is 0 Å². The Bertz CT molecular complexity index is 1870. The fraction of sp³-hybridized carbons (Fsp3) is 0.161. The summed E-state index contributed by atoms with van der Waals surface area (Å²) in [6.07, 6.45) is 1.29. The number of aromatic nitrogens is 5. The Morgan fingerprint density at radius 2 is 1.80 bits per heavy atom. The standard InChI is InChI=1S/C31H25F3N8O2/c1-2-26(43)40-15-12-20(18-40)27-24-11-14-37-30(35)42(24)28(39-27)23-9-8-19(17-38-23)29(44)41(22-6-4-3-5-7-22)25-16-21(10-13-36-25)31(32,33)34/h2-11,13-14,16-17,20H,1,12,15,18H2,(H2,35,37). The van der Waals surface area contributed by atoms with Gasteiger partial charge in [0, 0.05) is 37.6 Å². The van der Waals surface area contributed by atoms with Crippen LogP contribution in [0.3, 0.4) is 0 Å². The second kappa shape index (κ2) is 11.2. The maximum atomic E-state index is 13.8. The molecule has 1 aromatic carbocycles. The fourth-order valence-corrected chi connectivity index (χ4v) is 5.30. The highest BCUT2D eigenvalue weighted by molar-refractivity contribution is 6.10. The molecule has 0 saturated carbocycles. The van der Waals surface area contributed by atoms with E-state index in [1.54, 1.807) is 58.0 Å². The zero-order chi connectivity index (χ0) is 31.0. The van der Waals surface area contributed by atoms with Crippen molar-refractivity contribution in [3.05, 3.63) is 109 Å². The van der Waals surface area contributed by atoms with Gasteiger partial charge in [0.25, 0.3) is 5.91 Å². The molecule has 1 atom stereocenters. The van der Waals surface area contributed by atoms with E-state index in [0.717, 1.165) is 34.4 Å². The van der Waals surface area contributed by atoms with Gasteiger partial charge < -0.3 is 10.6 Å². The first-order chi connectivity index (χ1) is 21.2. The topological polar surface area (TPSA) is 123 Å². The Balaban J connectivity index is 1.36. The molecular weight excluding hydrogens is 573 g/mol. The molecule has 1 unspecified atom stereocenters. The van der Waals surface area contributed by atoms with Crippen LogP contribution in [0.5, 0.6) is 0 Å². The maximum absolute atomic E-state index is 13.8. The van der Waals surface area contributed by atoms with Gasteiger partial charge in [-0.15, -0.1) is 0 Å². The molecule has 4 aromatic heterocycles. The first-order valence-electron chi connectivity index (χ1n) is 13.6. The number of para-hydroxylation sites is 1. The van der Waals surface area contributed by atoms with Crippen molar-refractivity contribution in [2.45, 2.75) is 18.5 Å². The number of rotatable bonds is 6. The number of carbonyl (C=O) groups excluding carboxylic acids is 2. The number of hydrogen-bond donors (Lipinski definition) is 1. The molecule has 2 amide bonds. The van der Waals surface area contributed by atoms with E-state index in [2.05, 4.69) is 21.5 Å². The van der Waals surface area contributed by atoms with Crippen molar-refractivity contribution in [2.75, 3.05) is 23.7 Å². The minimum Gasteiger partial charge on any atom is -0.369 e. The Labute approximate surface area is 249 Å². The molecule has 44 heavy (non-hydrogen) atoms. The van der Waals surface area contributed by atoms with Crippen LogP contribution in [0.4, 0.5) is 30.6 Å². The number of nitrogens with zero attached hydrogens (tertiary/aromatic N) is 7. The summed E-state index contributed by atoms with van der Waals surface area (Å²) in [5, 5.41) is 0. The second-order valence-electron chi connectivity index (χ2n) is 10.1. The summed E-state index contributed by atoms with van der Waals surface area (Å²) in [5.41, 5.74) is 7.61. The predicted octanol–water partition coefficient (Wildman–Crippen LogP) is 5.27. The summed E-state index contributed by atoms with van der Waals surface area (Å²) in [6, 6.07) is 14.8. The zero-order valence-corrected chi connectivity index (χ0v) is 23.1. The number of benzene rings is 1. The molecule has 0 radical (unpaired) electrons. The van der Waals surface area contributed by atoms with Crippen LogP contribution in [-0.2, 0) is 11.0 Å². The number of anilines is 3. The lowest BCUT2D eigenvalue weighted by Gasteiger charge is -2.22. The van der Waals surface area contributed by atoms with E-state index >= 15 is 0 Å². The van der Waals surface area contributed by atoms with Crippen LogP contribution in [0.2, 0.25) is 0 Å². The molecule has 6 rings (SSSR count). The zero-order valence-electron chi connectivity index (χ0n) is 23.1. The minimum absolute atomic E-state index is 0.0512. The van der Waals surface area contributed by atoms with Gasteiger partial charge in [0.15, 0.2) is 5.82 Å². The van der Waals surface area contributed by atoms with E-state index in [0.29, 0.717) is 36.7 Å². The molecule has 2 N–H and O–H groups in total. The minimum atomic E-state index is -4.62. The van der Waals surface area contributed by atoms with Gasteiger partial charge in [0.05, 0.1) is 28.0 Å². The predicted molar refractivity (Wildman–Crippen MR) is 157 cm³/mol. The number of likely N-dealkylation sites (tertiary alicyclic amines) is 1. The van der Waals surface area contributed by atoms with E-state index in [1.165, 1.54) is 18.3 Å². The highest BCUT2D eigenvalue weighted by atomic mass is 19.4. The van der Waals surface area contributed by atoms with Crippen LogP contribution in [-0.4, -0.2) is 54.1 Å². The van der Waals surface area contributed by atoms with Crippen molar-refractivity contribution in [3.8, 4) is 11.5 Å². The number of amides is 2. The van der Waals surface area contributed by atoms with E-state index < -0.39 is 17.6 Å². The summed E-state index contributed by atoms with van der Waals surface area (Å²) in [7, 11) is 0. The van der Waals surface area contributed by atoms with Gasteiger partial charge in [-0.3, -0.25) is 23.9 Å². The largest absolute Gasteiger partial charge is 0.416 e. The molecule has 0 aliphatic carbocycles. The highest BCUT2D eigenvalue weighted by Crippen LogP contribution is 2.35. The van der Waals surface area contributed by atoms with E-state index in [1.807, 2.05) is 0 Å². The number of nitrogen functional groups attached to an aromatic ring is 1. The van der Waals surface area contributed by atoms with Gasteiger partial charge in [-0.2, -0.15) is 13.2 Å². The number of carbonyl (C=O) groups is 2. The average Bonchev–Trinajstić information content (AvgIpc) is 3.67. The molecule has 222 valence electrons. The number of alkyl halides is 3. The van der Waals surface area contributed by atoms with Crippen molar-refractivity contribution in [1.82, 2.24) is 29.2 Å². The first kappa shape index (κ1) is 28.5. The van der Waals surface area contributed by atoms with Gasteiger partial charge in [0.1, 0.15) is 11.5 Å². The van der Waals surface area contributed by atoms with Crippen molar-refractivity contribution in [1.29, 1.82) is 0 Å². The molecule has 10 nitrogen and oxygen atoms in total. The molecule has 13 heteroatoms. The van der Waals surface area contributed by atoms with Gasteiger partial charge in [-0.05, 0) is 55.0 Å². The number of halogens is 3. The molecule has 1 saturated heterocycles. The van der Waals surface area contributed by atoms with Crippen LogP contribution >= 0.6 is 0 Å². The molecular formula is C31H25F3N8O2. The number of imidazole rings is 1. The van der Waals surface area contributed by atoms with E-state index in [4.69, 9.17) is 10.7 Å². The summed E-state index contributed by atoms with van der Waals surface area (Å²) in [6.45, 7) is 4.61. The second-order valence-corrected chi connectivity index (χ2v) is 10.1. The first-order valence-corrected chi connectivity index (χ1v) is 13.6. The van der Waals surface area contributed by atoms with Crippen molar-refractivity contribution in [3.63, 3.8) is 0 Å². The molecule has 0 bridgehead atoms. The van der Waals surface area contributed by atoms with Crippen LogP contribution in [0.25, 0.3) is 17.0 Å². The quantitative estimate of drug-likeness (QED) is 0.264. The molecule has 1 aliphatic heterocycles. The van der Waals surface area contributed by atoms with Crippen molar-refractivity contribution >= 4 is 34.8 Å². The van der Waals surface area contributed by atoms with Crippen molar-refractivity contribution in [2.24, 2.45) is 0 Å². The van der Waals surface area contributed by atoms with Crippen LogP contribution < -0.4 is 10.6 Å². The SMILES string of the molecule is C=CC(=O)N1CCC(c2nc(-c3ccc(C(=O)N(c4ccccc4)c4cc(C(F)(F)F)ccn4)cn3)n3c(N)nccc23)C1. The third-order valence-corrected chi connectivity index (χ3v) is 7.43. The Kier molecular flexibility index (Phi) is 7.29. The smallest absolute Gasteiger partial charge is 0.369 e. The van der Waals surface area contributed by atoms with Crippen LogP contribution in [0.1, 0.15) is 34.0 Å². The summed E-state index contributed by atoms with van der Waals surface area (Å²) >= 11 is 0. The van der Waals surface area contributed by atoms with E-state index in [-0.39, 0.29) is 29.2 Å². The number of nitrogens with two attached hydrogens (primary N) is 1. The lowest BCUT2D eigenvalue weighted by Crippen LogP contribution is -2.27. The number of hydrogen-bond acceptors (Lipinski definition) is 7. The molecule has 1 fully saturated rings. The highest BCUT2D eigenvalue weighted by Gasteiger charge is 2.33. The average molecular weight is 599 g/mol. The Morgan fingerprint density at radius 3 is 2.50 bits per heavy atom. The van der Waals surface area contributed by atoms with Crippen LogP contribution in [0.15, 0.2) is 91.9 Å². The number of pyridine rings is 2. The third kappa shape index (κ3) is 5.23. The summed E-state index contributed by atoms with van der Waals surface area (Å²) < 4.78 is 42.1. The summed E-state index contributed by atoms with van der Waals surface area (Å²) in [4.78, 5) is 46.4. The summed E-state index contributed by atoms with van der Waals surface area (Å²) in [5.74, 6) is -0.444. The molecule has 5 aromatic rings. The maximum Gasteiger partial charge on any atom is 0.416 e. The Morgan fingerprint density at radius 1 is 1.02 bits per heavy atom. The lowest BCUT2D eigenvalue weighted by atomic mass is 10.0. The molecule has 0 spiro atoms. The normalized spacial score (nSPS) is 15.0. The van der Waals surface area contributed by atoms with Gasteiger partial charge >= 0.3 is 6.18 Å². The van der Waals surface area contributed by atoms with E-state index in [9.17, 15) is 22.8 Å². The molecule has 1 aliphatic rings. The monoisotopic (exact) mass is 598 g/mol. The molecule has 5 heterocycles. The van der Waals surface area contributed by atoms with Gasteiger partial charge in [0.2, 0.25) is 11.9 Å².